The molecule has 3 fully saturated rings. The van der Waals surface area contributed by atoms with Gasteiger partial charge in [0.2, 0.25) is 0 Å². The van der Waals surface area contributed by atoms with Crippen molar-refractivity contribution >= 4 is 23.2 Å². The Morgan fingerprint density at radius 1 is 1.37 bits per heavy atom. The zero-order valence-electron chi connectivity index (χ0n) is 14.3. The van der Waals surface area contributed by atoms with Crippen LogP contribution in [-0.4, -0.2) is 27.9 Å². The lowest BCUT2D eigenvalue weighted by Gasteiger charge is -2.70. The molecule has 27 heavy (non-hydrogen) atoms. The van der Waals surface area contributed by atoms with E-state index in [1.54, 1.807) is 6.20 Å². The summed E-state index contributed by atoms with van der Waals surface area (Å²) in [5, 5.41) is 12.2. The summed E-state index contributed by atoms with van der Waals surface area (Å²) in [6.07, 6.45) is 6.08. The average Bonchev–Trinajstić information content (AvgIpc) is 2.60. The third-order valence-electron chi connectivity index (χ3n) is 5.15. The van der Waals surface area contributed by atoms with Gasteiger partial charge in [-0.3, -0.25) is 9.78 Å². The molecule has 3 aliphatic carbocycles. The number of nitriles is 1. The highest BCUT2D eigenvalue weighted by Crippen LogP contribution is 2.69. The Morgan fingerprint density at radius 2 is 2.15 bits per heavy atom. The fourth-order valence-corrected chi connectivity index (χ4v) is 4.39. The molecular weight excluding hydrogens is 371 g/mol. The molecule has 0 amide bonds. The lowest BCUT2D eigenvalue weighted by Crippen LogP contribution is -2.71. The number of hydrogen-bond acceptors (Lipinski definition) is 6. The lowest BCUT2D eigenvalue weighted by molar-refractivity contribution is -0.147. The topological polar surface area (TPSA) is 87.9 Å². The molecule has 2 aromatic rings. The summed E-state index contributed by atoms with van der Waals surface area (Å²) in [7, 11) is 0. The van der Waals surface area contributed by atoms with E-state index in [4.69, 9.17) is 21.6 Å². The maximum atomic E-state index is 13.4. The quantitative estimate of drug-likeness (QED) is 0.783. The second kappa shape index (κ2) is 6.46. The summed E-state index contributed by atoms with van der Waals surface area (Å²) in [5.41, 5.74) is 0.231. The van der Waals surface area contributed by atoms with Crippen LogP contribution in [-0.2, 0) is 4.79 Å². The largest absolute Gasteiger partial charge is 0.486 e. The molecule has 1 aromatic heterocycles. The van der Waals surface area contributed by atoms with Crippen molar-refractivity contribution in [3.05, 3.63) is 47.1 Å². The summed E-state index contributed by atoms with van der Waals surface area (Å²) in [6, 6.07) is 6.08. The van der Waals surface area contributed by atoms with Gasteiger partial charge in [-0.2, -0.15) is 5.26 Å². The van der Waals surface area contributed by atoms with Crippen molar-refractivity contribution in [3.63, 3.8) is 0 Å². The average molecular weight is 387 g/mol. The molecule has 0 unspecified atom stereocenters. The maximum Gasteiger partial charge on any atom is 0.170 e. The van der Waals surface area contributed by atoms with Crippen LogP contribution in [0.1, 0.15) is 31.4 Å². The van der Waals surface area contributed by atoms with Crippen LogP contribution < -0.4 is 10.1 Å². The molecule has 1 heterocycles. The Kier molecular flexibility index (Phi) is 4.23. The highest BCUT2D eigenvalue weighted by molar-refractivity contribution is 6.30. The second-order valence-corrected chi connectivity index (χ2v) is 7.82. The van der Waals surface area contributed by atoms with Crippen LogP contribution in [0.3, 0.4) is 0 Å². The number of hydrogen-bond donors (Lipinski definition) is 1. The number of anilines is 1. The number of aromatic nitrogens is 2. The molecule has 0 spiro atoms. The van der Waals surface area contributed by atoms with E-state index in [-0.39, 0.29) is 39.8 Å². The van der Waals surface area contributed by atoms with Gasteiger partial charge in [0.15, 0.2) is 11.5 Å². The Bertz CT molecular complexity index is 939. The monoisotopic (exact) mass is 386 g/mol. The molecule has 3 saturated carbocycles. The van der Waals surface area contributed by atoms with Crippen LogP contribution in [0.2, 0.25) is 5.02 Å². The van der Waals surface area contributed by atoms with E-state index in [1.165, 1.54) is 24.4 Å². The van der Waals surface area contributed by atoms with Crippen molar-refractivity contribution in [1.29, 1.82) is 5.26 Å². The van der Waals surface area contributed by atoms with Gasteiger partial charge in [-0.15, -0.1) is 0 Å². The number of carbonyl (C=O) groups is 1. The van der Waals surface area contributed by atoms with Gasteiger partial charge in [-0.1, -0.05) is 11.6 Å². The number of carbonyl (C=O) groups excluding carboxylic acids is 1. The number of rotatable bonds is 7. The smallest absolute Gasteiger partial charge is 0.170 e. The number of nitrogens with zero attached hydrogens (tertiary/aromatic N) is 3. The zero-order chi connectivity index (χ0) is 19.1. The van der Waals surface area contributed by atoms with Crippen molar-refractivity contribution in [2.24, 2.45) is 5.41 Å². The molecule has 5 rings (SSSR count). The first-order valence-electron chi connectivity index (χ1n) is 8.51. The number of benzene rings is 1. The van der Waals surface area contributed by atoms with E-state index in [9.17, 15) is 9.18 Å². The summed E-state index contributed by atoms with van der Waals surface area (Å²) in [4.78, 5) is 20.4. The number of ketones is 1. The molecule has 3 aliphatic rings. The van der Waals surface area contributed by atoms with Crippen LogP contribution >= 0.6 is 11.6 Å². The van der Waals surface area contributed by atoms with Crippen molar-refractivity contribution in [2.75, 3.05) is 11.9 Å². The predicted molar refractivity (Wildman–Crippen MR) is 95.9 cm³/mol. The summed E-state index contributed by atoms with van der Waals surface area (Å²) < 4.78 is 18.8. The van der Waals surface area contributed by atoms with Crippen LogP contribution in [0.5, 0.6) is 5.75 Å². The van der Waals surface area contributed by atoms with E-state index in [2.05, 4.69) is 15.3 Å². The van der Waals surface area contributed by atoms with E-state index in [0.29, 0.717) is 12.2 Å². The van der Waals surface area contributed by atoms with Gasteiger partial charge in [-0.05, 0) is 36.8 Å². The Labute approximate surface area is 160 Å². The number of halogens is 2. The summed E-state index contributed by atoms with van der Waals surface area (Å²) >= 11 is 5.62. The van der Waals surface area contributed by atoms with Crippen molar-refractivity contribution in [1.82, 2.24) is 9.97 Å². The maximum absolute atomic E-state index is 13.4. The first kappa shape index (κ1) is 17.7. The van der Waals surface area contributed by atoms with Gasteiger partial charge < -0.3 is 10.1 Å². The van der Waals surface area contributed by atoms with Gasteiger partial charge in [0.1, 0.15) is 30.1 Å². The summed E-state index contributed by atoms with van der Waals surface area (Å²) in [6.45, 7) is -0.0844. The number of Topliss-reactive ketones (excluding diaryl/α,β-unsaturated/α-hetero) is 1. The van der Waals surface area contributed by atoms with E-state index in [0.717, 1.165) is 19.3 Å². The van der Waals surface area contributed by atoms with Crippen molar-refractivity contribution in [2.45, 2.75) is 31.2 Å². The number of nitrogens with one attached hydrogen (secondary N) is 1. The van der Waals surface area contributed by atoms with Crippen LogP contribution in [0.4, 0.5) is 10.2 Å². The normalized spacial score (nSPS) is 24.9. The van der Waals surface area contributed by atoms with Gasteiger partial charge in [0.25, 0.3) is 0 Å². The fourth-order valence-electron chi connectivity index (χ4n) is 4.27. The third-order valence-corrected chi connectivity index (χ3v) is 5.45. The Balaban J connectivity index is 1.26. The molecule has 0 saturated heterocycles. The first-order valence-corrected chi connectivity index (χ1v) is 8.89. The van der Waals surface area contributed by atoms with Gasteiger partial charge in [-0.25, -0.2) is 9.37 Å². The minimum absolute atomic E-state index is 0.00933. The van der Waals surface area contributed by atoms with Crippen LogP contribution in [0.25, 0.3) is 0 Å². The molecule has 0 aliphatic heterocycles. The molecule has 1 aromatic carbocycles. The van der Waals surface area contributed by atoms with E-state index >= 15 is 0 Å². The molecule has 1 N–H and O–H groups in total. The molecule has 8 heteroatoms. The Hall–Kier alpha value is -2.72. The van der Waals surface area contributed by atoms with Crippen LogP contribution in [0.15, 0.2) is 30.6 Å². The molecule has 6 nitrogen and oxygen atoms in total. The van der Waals surface area contributed by atoms with Gasteiger partial charge >= 0.3 is 0 Å². The standard InChI is InChI=1S/C19H16ClFN4O2/c20-15-2-1-14(3-16(15)21)27-8-13(26)4-18-9-19(10-18,11-18)25-17-7-23-6-12(5-22)24-17/h1-3,6-7H,4,8-11H2,(H,24,25). The molecule has 2 bridgehead atoms. The minimum Gasteiger partial charge on any atom is -0.486 e. The van der Waals surface area contributed by atoms with Crippen molar-refractivity contribution in [3.8, 4) is 11.8 Å². The Morgan fingerprint density at radius 3 is 2.85 bits per heavy atom. The van der Waals surface area contributed by atoms with E-state index < -0.39 is 5.82 Å². The third kappa shape index (κ3) is 3.45. The molecule has 0 radical (unpaired) electrons. The molecular formula is C19H16ClFN4O2. The number of ether oxygens (including phenoxy) is 1. The SMILES string of the molecule is N#Cc1cncc(NC23CC(CC(=O)COc4ccc(Cl)c(F)c4)(C2)C3)n1. The molecule has 0 atom stereocenters. The minimum atomic E-state index is -0.572. The lowest BCUT2D eigenvalue weighted by atomic mass is 9.38. The predicted octanol–water partition coefficient (Wildman–Crippen LogP) is 3.51. The van der Waals surface area contributed by atoms with Gasteiger partial charge in [0.05, 0.1) is 17.4 Å². The fraction of sp³-hybridized carbons (Fsp3) is 0.368. The van der Waals surface area contributed by atoms with E-state index in [1.807, 2.05) is 6.07 Å². The van der Waals surface area contributed by atoms with Gasteiger partial charge in [0, 0.05) is 18.0 Å². The summed E-state index contributed by atoms with van der Waals surface area (Å²) in [5.74, 6) is 0.293. The highest BCUT2D eigenvalue weighted by Gasteiger charge is 2.68. The van der Waals surface area contributed by atoms with Crippen LogP contribution in [0, 0.1) is 22.6 Å². The van der Waals surface area contributed by atoms with Crippen molar-refractivity contribution < 1.29 is 13.9 Å². The zero-order valence-corrected chi connectivity index (χ0v) is 15.1. The second-order valence-electron chi connectivity index (χ2n) is 7.42. The molecule has 138 valence electrons. The first-order chi connectivity index (χ1) is 12.9. The highest BCUT2D eigenvalue weighted by atomic mass is 35.5.